The van der Waals surface area contributed by atoms with Crippen LogP contribution in [-0.2, 0) is 11.3 Å². The zero-order chi connectivity index (χ0) is 13.7. The van der Waals surface area contributed by atoms with Gasteiger partial charge in [-0.3, -0.25) is 4.79 Å². The van der Waals surface area contributed by atoms with Crippen molar-refractivity contribution < 1.29 is 14.6 Å². The van der Waals surface area contributed by atoms with Gasteiger partial charge in [-0.25, -0.2) is 0 Å². The average Bonchev–Trinajstić information content (AvgIpc) is 2.83. The Bertz CT molecular complexity index is 439. The maximum atomic E-state index is 11.9. The Morgan fingerprint density at radius 1 is 1.37 bits per heavy atom. The van der Waals surface area contributed by atoms with E-state index in [0.29, 0.717) is 6.54 Å². The van der Waals surface area contributed by atoms with Crippen LogP contribution < -0.4 is 10.1 Å². The molecule has 1 amide bonds. The van der Waals surface area contributed by atoms with Crippen LogP contribution in [0.2, 0.25) is 0 Å². The highest BCUT2D eigenvalue weighted by Crippen LogP contribution is 2.32. The SMILES string of the molecule is COc1ccccc1CNC(=O)CC1(O)CCCC1. The standard InChI is InChI=1S/C15H21NO3/c1-19-13-7-3-2-6-12(13)11-16-14(17)10-15(18)8-4-5-9-15/h2-3,6-7,18H,4-5,8-11H2,1H3,(H,16,17). The predicted octanol–water partition coefficient (Wildman–Crippen LogP) is 2.01. The van der Waals surface area contributed by atoms with E-state index < -0.39 is 5.60 Å². The summed E-state index contributed by atoms with van der Waals surface area (Å²) < 4.78 is 5.23. The third kappa shape index (κ3) is 3.70. The lowest BCUT2D eigenvalue weighted by molar-refractivity contribution is -0.126. The molecule has 1 fully saturated rings. The van der Waals surface area contributed by atoms with Crippen molar-refractivity contribution in [2.24, 2.45) is 0 Å². The van der Waals surface area contributed by atoms with E-state index in [1.54, 1.807) is 7.11 Å². The van der Waals surface area contributed by atoms with E-state index in [0.717, 1.165) is 37.0 Å². The Labute approximate surface area is 113 Å². The van der Waals surface area contributed by atoms with Crippen molar-refractivity contribution in [2.75, 3.05) is 7.11 Å². The molecule has 2 rings (SSSR count). The number of carbonyl (C=O) groups excluding carboxylic acids is 1. The summed E-state index contributed by atoms with van der Waals surface area (Å²) in [5.74, 6) is 0.665. The van der Waals surface area contributed by atoms with Gasteiger partial charge in [0.2, 0.25) is 5.91 Å². The molecule has 0 heterocycles. The van der Waals surface area contributed by atoms with Crippen molar-refractivity contribution in [1.82, 2.24) is 5.32 Å². The second-order valence-electron chi connectivity index (χ2n) is 5.20. The van der Waals surface area contributed by atoms with Gasteiger partial charge in [0.1, 0.15) is 5.75 Å². The second kappa shape index (κ2) is 6.06. The Balaban J connectivity index is 1.86. The summed E-state index contributed by atoms with van der Waals surface area (Å²) in [5.41, 5.74) is 0.155. The quantitative estimate of drug-likeness (QED) is 0.854. The van der Waals surface area contributed by atoms with E-state index >= 15 is 0 Å². The zero-order valence-electron chi connectivity index (χ0n) is 11.3. The molecule has 1 aromatic rings. The first-order valence-electron chi connectivity index (χ1n) is 6.74. The van der Waals surface area contributed by atoms with Crippen molar-refractivity contribution in [3.8, 4) is 5.75 Å². The van der Waals surface area contributed by atoms with Crippen LogP contribution in [0.15, 0.2) is 24.3 Å². The first-order chi connectivity index (χ1) is 9.13. The number of ether oxygens (including phenoxy) is 1. The van der Waals surface area contributed by atoms with Crippen molar-refractivity contribution in [2.45, 2.75) is 44.2 Å². The molecule has 2 N–H and O–H groups in total. The molecule has 0 aliphatic heterocycles. The number of methoxy groups -OCH3 is 1. The van der Waals surface area contributed by atoms with Crippen LogP contribution in [0.5, 0.6) is 5.75 Å². The van der Waals surface area contributed by atoms with Gasteiger partial charge in [-0.05, 0) is 18.9 Å². The number of para-hydroxylation sites is 1. The summed E-state index contributed by atoms with van der Waals surface area (Å²) in [7, 11) is 1.61. The molecule has 19 heavy (non-hydrogen) atoms. The summed E-state index contributed by atoms with van der Waals surface area (Å²) in [6, 6.07) is 7.59. The molecule has 1 saturated carbocycles. The van der Waals surface area contributed by atoms with E-state index in [1.165, 1.54) is 0 Å². The molecule has 0 aromatic heterocycles. The number of amides is 1. The molecular weight excluding hydrogens is 242 g/mol. The number of hydrogen-bond acceptors (Lipinski definition) is 3. The van der Waals surface area contributed by atoms with Gasteiger partial charge < -0.3 is 15.2 Å². The third-order valence-corrected chi connectivity index (χ3v) is 3.69. The summed E-state index contributed by atoms with van der Waals surface area (Å²) in [6.07, 6.45) is 3.68. The number of benzene rings is 1. The smallest absolute Gasteiger partial charge is 0.223 e. The van der Waals surface area contributed by atoms with Gasteiger partial charge in [-0.1, -0.05) is 31.0 Å². The molecule has 4 heteroatoms. The normalized spacial score (nSPS) is 17.2. The van der Waals surface area contributed by atoms with Crippen molar-refractivity contribution in [3.05, 3.63) is 29.8 Å². The summed E-state index contributed by atoms with van der Waals surface area (Å²) in [5, 5.41) is 13.0. The molecule has 0 bridgehead atoms. The van der Waals surface area contributed by atoms with Crippen LogP contribution in [0.25, 0.3) is 0 Å². The topological polar surface area (TPSA) is 58.6 Å². The van der Waals surface area contributed by atoms with Gasteiger partial charge in [-0.15, -0.1) is 0 Å². The lowest BCUT2D eigenvalue weighted by Crippen LogP contribution is -2.34. The van der Waals surface area contributed by atoms with Crippen molar-refractivity contribution in [3.63, 3.8) is 0 Å². The number of aliphatic hydroxyl groups is 1. The molecule has 0 saturated heterocycles. The van der Waals surface area contributed by atoms with E-state index in [-0.39, 0.29) is 12.3 Å². The van der Waals surface area contributed by atoms with Gasteiger partial charge in [-0.2, -0.15) is 0 Å². The summed E-state index contributed by atoms with van der Waals surface area (Å²) in [6.45, 7) is 0.429. The Hall–Kier alpha value is -1.55. The highest BCUT2D eigenvalue weighted by atomic mass is 16.5. The molecule has 4 nitrogen and oxygen atoms in total. The Morgan fingerprint density at radius 3 is 2.74 bits per heavy atom. The number of hydrogen-bond donors (Lipinski definition) is 2. The zero-order valence-corrected chi connectivity index (χ0v) is 11.3. The maximum Gasteiger partial charge on any atom is 0.223 e. The molecule has 1 aliphatic rings. The van der Waals surface area contributed by atoms with Gasteiger partial charge >= 0.3 is 0 Å². The fourth-order valence-corrected chi connectivity index (χ4v) is 2.61. The first kappa shape index (κ1) is 13.9. The highest BCUT2D eigenvalue weighted by molar-refractivity contribution is 5.77. The van der Waals surface area contributed by atoms with E-state index in [9.17, 15) is 9.90 Å². The van der Waals surface area contributed by atoms with E-state index in [4.69, 9.17) is 4.74 Å². The number of nitrogens with one attached hydrogen (secondary N) is 1. The van der Waals surface area contributed by atoms with Crippen molar-refractivity contribution in [1.29, 1.82) is 0 Å². The summed E-state index contributed by atoms with van der Waals surface area (Å²) in [4.78, 5) is 11.9. The molecule has 1 aromatic carbocycles. The Morgan fingerprint density at radius 2 is 2.05 bits per heavy atom. The van der Waals surface area contributed by atoms with Gasteiger partial charge in [0.15, 0.2) is 0 Å². The molecule has 0 spiro atoms. The predicted molar refractivity (Wildman–Crippen MR) is 72.9 cm³/mol. The largest absolute Gasteiger partial charge is 0.496 e. The highest BCUT2D eigenvalue weighted by Gasteiger charge is 2.33. The fraction of sp³-hybridized carbons (Fsp3) is 0.533. The molecule has 0 radical (unpaired) electrons. The van der Waals surface area contributed by atoms with E-state index in [2.05, 4.69) is 5.32 Å². The molecule has 0 unspecified atom stereocenters. The minimum Gasteiger partial charge on any atom is -0.496 e. The third-order valence-electron chi connectivity index (χ3n) is 3.69. The fourth-order valence-electron chi connectivity index (χ4n) is 2.61. The van der Waals surface area contributed by atoms with Crippen LogP contribution in [0.3, 0.4) is 0 Å². The minimum absolute atomic E-state index is 0.102. The minimum atomic E-state index is -0.787. The van der Waals surface area contributed by atoms with Gasteiger partial charge in [0.05, 0.1) is 19.1 Å². The monoisotopic (exact) mass is 263 g/mol. The van der Waals surface area contributed by atoms with Crippen LogP contribution in [-0.4, -0.2) is 23.7 Å². The van der Waals surface area contributed by atoms with Crippen LogP contribution >= 0.6 is 0 Å². The van der Waals surface area contributed by atoms with E-state index in [1.807, 2.05) is 24.3 Å². The van der Waals surface area contributed by atoms with Crippen molar-refractivity contribution >= 4 is 5.91 Å². The molecule has 1 aliphatic carbocycles. The van der Waals surface area contributed by atoms with Gasteiger partial charge in [0.25, 0.3) is 0 Å². The lowest BCUT2D eigenvalue weighted by atomic mass is 9.97. The lowest BCUT2D eigenvalue weighted by Gasteiger charge is -2.21. The maximum absolute atomic E-state index is 11.9. The molecular formula is C15H21NO3. The summed E-state index contributed by atoms with van der Waals surface area (Å²) >= 11 is 0. The molecule has 0 atom stereocenters. The van der Waals surface area contributed by atoms with Gasteiger partial charge in [0, 0.05) is 12.1 Å². The number of rotatable bonds is 5. The van der Waals surface area contributed by atoms with Crippen LogP contribution in [0.1, 0.15) is 37.7 Å². The Kier molecular flexibility index (Phi) is 4.43. The first-order valence-corrected chi connectivity index (χ1v) is 6.74. The number of carbonyl (C=O) groups is 1. The second-order valence-corrected chi connectivity index (χ2v) is 5.20. The molecule has 104 valence electrons. The van der Waals surface area contributed by atoms with Crippen LogP contribution in [0, 0.1) is 0 Å². The van der Waals surface area contributed by atoms with Crippen LogP contribution in [0.4, 0.5) is 0 Å². The average molecular weight is 263 g/mol.